The molecule has 1 aromatic carbocycles. The van der Waals surface area contributed by atoms with Crippen molar-refractivity contribution in [1.29, 1.82) is 0 Å². The highest BCUT2D eigenvalue weighted by molar-refractivity contribution is 5.85. The number of nitro groups is 1. The summed E-state index contributed by atoms with van der Waals surface area (Å²) in [5.41, 5.74) is 0.402. The number of nitro benzene ring substituents is 1. The second-order valence-corrected chi connectivity index (χ2v) is 6.46. The first-order chi connectivity index (χ1) is 12.1. The SMILES string of the molecule is Cl.O=C(Cc1ccccc1[N+](=O)[O-])N1CCCC(N2CCNCC2=O)C1. The summed E-state index contributed by atoms with van der Waals surface area (Å²) >= 11 is 0. The van der Waals surface area contributed by atoms with Gasteiger partial charge in [0.15, 0.2) is 0 Å². The number of benzene rings is 1. The Morgan fingerprint density at radius 3 is 2.81 bits per heavy atom. The molecule has 26 heavy (non-hydrogen) atoms. The predicted molar refractivity (Wildman–Crippen MR) is 98.2 cm³/mol. The van der Waals surface area contributed by atoms with Crippen LogP contribution in [0.3, 0.4) is 0 Å². The Morgan fingerprint density at radius 1 is 1.31 bits per heavy atom. The number of halogens is 1. The van der Waals surface area contributed by atoms with Gasteiger partial charge in [-0.1, -0.05) is 18.2 Å². The number of para-hydroxylation sites is 1. The summed E-state index contributed by atoms with van der Waals surface area (Å²) < 4.78 is 0. The van der Waals surface area contributed by atoms with E-state index in [0.717, 1.165) is 19.4 Å². The van der Waals surface area contributed by atoms with Crippen LogP contribution in [0.4, 0.5) is 5.69 Å². The van der Waals surface area contributed by atoms with Crippen LogP contribution in [0.5, 0.6) is 0 Å². The van der Waals surface area contributed by atoms with Crippen molar-refractivity contribution in [1.82, 2.24) is 15.1 Å². The Labute approximate surface area is 158 Å². The van der Waals surface area contributed by atoms with Crippen molar-refractivity contribution in [3.05, 3.63) is 39.9 Å². The molecule has 0 aromatic heterocycles. The first-order valence-electron chi connectivity index (χ1n) is 8.56. The van der Waals surface area contributed by atoms with Crippen LogP contribution in [-0.4, -0.2) is 65.3 Å². The van der Waals surface area contributed by atoms with Gasteiger partial charge in [0.1, 0.15) is 0 Å². The Kier molecular flexibility index (Phi) is 6.93. The number of hydrogen-bond donors (Lipinski definition) is 1. The number of rotatable bonds is 4. The van der Waals surface area contributed by atoms with E-state index in [0.29, 0.717) is 31.7 Å². The molecule has 2 aliphatic heterocycles. The molecule has 2 fully saturated rings. The van der Waals surface area contributed by atoms with Crippen molar-refractivity contribution in [2.45, 2.75) is 25.3 Å². The van der Waals surface area contributed by atoms with Gasteiger partial charge in [0.25, 0.3) is 5.69 Å². The van der Waals surface area contributed by atoms with Gasteiger partial charge in [-0.25, -0.2) is 0 Å². The Bertz CT molecular complexity index is 684. The van der Waals surface area contributed by atoms with Crippen molar-refractivity contribution in [3.63, 3.8) is 0 Å². The van der Waals surface area contributed by atoms with E-state index in [-0.39, 0.29) is 42.4 Å². The number of piperazine rings is 1. The van der Waals surface area contributed by atoms with Crippen LogP contribution in [0, 0.1) is 10.1 Å². The van der Waals surface area contributed by atoms with E-state index >= 15 is 0 Å². The molecule has 3 rings (SSSR count). The second-order valence-electron chi connectivity index (χ2n) is 6.46. The van der Waals surface area contributed by atoms with Gasteiger partial charge in [0, 0.05) is 43.9 Å². The van der Waals surface area contributed by atoms with Crippen molar-refractivity contribution in [2.24, 2.45) is 0 Å². The summed E-state index contributed by atoms with van der Waals surface area (Å²) in [5, 5.41) is 14.2. The second kappa shape index (κ2) is 8.95. The molecule has 2 saturated heterocycles. The molecule has 0 saturated carbocycles. The monoisotopic (exact) mass is 382 g/mol. The molecule has 2 heterocycles. The zero-order valence-corrected chi connectivity index (χ0v) is 15.2. The normalized spacial score (nSPS) is 20.5. The summed E-state index contributed by atoms with van der Waals surface area (Å²) in [7, 11) is 0. The quantitative estimate of drug-likeness (QED) is 0.618. The lowest BCUT2D eigenvalue weighted by atomic mass is 10.0. The fourth-order valence-electron chi connectivity index (χ4n) is 3.56. The molecule has 0 aliphatic carbocycles. The van der Waals surface area contributed by atoms with E-state index in [1.165, 1.54) is 6.07 Å². The Balaban J connectivity index is 0.00000243. The van der Waals surface area contributed by atoms with Crippen LogP contribution >= 0.6 is 12.4 Å². The van der Waals surface area contributed by atoms with Crippen LogP contribution in [0.15, 0.2) is 24.3 Å². The van der Waals surface area contributed by atoms with Gasteiger partial charge in [-0.15, -0.1) is 12.4 Å². The van der Waals surface area contributed by atoms with Crippen LogP contribution < -0.4 is 5.32 Å². The van der Waals surface area contributed by atoms with Crippen molar-refractivity contribution < 1.29 is 14.5 Å². The van der Waals surface area contributed by atoms with Gasteiger partial charge in [0.2, 0.25) is 11.8 Å². The standard InChI is InChI=1S/C17H22N4O4.ClH/c22-16(10-13-4-1-2-6-15(13)21(24)25)19-8-3-5-14(12-19)20-9-7-18-11-17(20)23;/h1-2,4,6,14,18H,3,5,7-12H2;1H. The fourth-order valence-corrected chi connectivity index (χ4v) is 3.56. The maximum Gasteiger partial charge on any atom is 0.273 e. The summed E-state index contributed by atoms with van der Waals surface area (Å²) in [4.78, 5) is 39.0. The highest BCUT2D eigenvalue weighted by Crippen LogP contribution is 2.21. The molecule has 1 N–H and O–H groups in total. The molecule has 9 heteroatoms. The third-order valence-electron chi connectivity index (χ3n) is 4.85. The maximum atomic E-state index is 12.6. The third-order valence-corrected chi connectivity index (χ3v) is 4.85. The first-order valence-corrected chi connectivity index (χ1v) is 8.56. The summed E-state index contributed by atoms with van der Waals surface area (Å²) in [5.74, 6) is -0.0502. The lowest BCUT2D eigenvalue weighted by Crippen LogP contribution is -2.57. The van der Waals surface area contributed by atoms with Crippen LogP contribution in [0.2, 0.25) is 0 Å². The summed E-state index contributed by atoms with van der Waals surface area (Å²) in [6.07, 6.45) is 1.74. The third kappa shape index (κ3) is 4.50. The number of carbonyl (C=O) groups excluding carboxylic acids is 2. The largest absolute Gasteiger partial charge is 0.340 e. The number of piperidine rings is 1. The molecule has 2 aliphatic rings. The number of carbonyl (C=O) groups is 2. The van der Waals surface area contributed by atoms with E-state index in [1.807, 2.05) is 4.90 Å². The maximum absolute atomic E-state index is 12.6. The summed E-state index contributed by atoms with van der Waals surface area (Å²) in [6.45, 7) is 2.92. The van der Waals surface area contributed by atoms with Crippen LogP contribution in [0.25, 0.3) is 0 Å². The summed E-state index contributed by atoms with van der Waals surface area (Å²) in [6, 6.07) is 6.38. The highest BCUT2D eigenvalue weighted by atomic mass is 35.5. The van der Waals surface area contributed by atoms with E-state index in [1.54, 1.807) is 23.1 Å². The zero-order valence-electron chi connectivity index (χ0n) is 14.4. The molecule has 2 amide bonds. The predicted octanol–water partition coefficient (Wildman–Crippen LogP) is 0.982. The molecule has 1 atom stereocenters. The van der Waals surface area contributed by atoms with Gasteiger partial charge in [-0.2, -0.15) is 0 Å². The van der Waals surface area contributed by atoms with Gasteiger partial charge in [-0.3, -0.25) is 19.7 Å². The molecule has 0 bridgehead atoms. The van der Waals surface area contributed by atoms with Gasteiger partial charge in [0.05, 0.1) is 17.9 Å². The minimum Gasteiger partial charge on any atom is -0.340 e. The Morgan fingerprint density at radius 2 is 2.08 bits per heavy atom. The Hall–Kier alpha value is -2.19. The average molecular weight is 383 g/mol. The first kappa shape index (κ1) is 20.1. The van der Waals surface area contributed by atoms with Gasteiger partial charge >= 0.3 is 0 Å². The van der Waals surface area contributed by atoms with E-state index in [4.69, 9.17) is 0 Å². The van der Waals surface area contributed by atoms with Crippen molar-refractivity contribution >= 4 is 29.9 Å². The molecule has 142 valence electrons. The number of hydrogen-bond acceptors (Lipinski definition) is 5. The average Bonchev–Trinajstić information content (AvgIpc) is 2.62. The number of amides is 2. The van der Waals surface area contributed by atoms with E-state index < -0.39 is 4.92 Å². The number of nitrogens with one attached hydrogen (secondary N) is 1. The molecule has 8 nitrogen and oxygen atoms in total. The minimum absolute atomic E-state index is 0. The molecular formula is C17H23ClN4O4. The molecule has 0 spiro atoms. The zero-order chi connectivity index (χ0) is 17.8. The smallest absolute Gasteiger partial charge is 0.273 e. The number of nitrogens with zero attached hydrogens (tertiary/aromatic N) is 3. The van der Waals surface area contributed by atoms with Crippen LogP contribution in [-0.2, 0) is 16.0 Å². The lowest BCUT2D eigenvalue weighted by molar-refractivity contribution is -0.385. The van der Waals surface area contributed by atoms with Gasteiger partial charge < -0.3 is 15.1 Å². The topological polar surface area (TPSA) is 95.8 Å². The van der Waals surface area contributed by atoms with E-state index in [2.05, 4.69) is 5.32 Å². The van der Waals surface area contributed by atoms with E-state index in [9.17, 15) is 19.7 Å². The lowest BCUT2D eigenvalue weighted by Gasteiger charge is -2.41. The molecule has 1 aromatic rings. The molecular weight excluding hydrogens is 360 g/mol. The minimum atomic E-state index is -0.457. The number of likely N-dealkylation sites (tertiary alicyclic amines) is 1. The molecule has 0 radical (unpaired) electrons. The van der Waals surface area contributed by atoms with Crippen molar-refractivity contribution in [2.75, 3.05) is 32.7 Å². The van der Waals surface area contributed by atoms with Gasteiger partial charge in [-0.05, 0) is 12.8 Å². The van der Waals surface area contributed by atoms with Crippen LogP contribution in [0.1, 0.15) is 18.4 Å². The highest BCUT2D eigenvalue weighted by Gasteiger charge is 2.32. The fraction of sp³-hybridized carbons (Fsp3) is 0.529. The molecule has 1 unspecified atom stereocenters. The van der Waals surface area contributed by atoms with Crippen molar-refractivity contribution in [3.8, 4) is 0 Å².